The van der Waals surface area contributed by atoms with Crippen LogP contribution in [0.5, 0.6) is 0 Å². The Morgan fingerprint density at radius 3 is 1.48 bits per heavy atom. The Bertz CT molecular complexity index is 2430. The smallest absolute Gasteiger partial charge is 0.252 e. The third kappa shape index (κ3) is 4.79. The third-order valence-corrected chi connectivity index (χ3v) is 16.4. The van der Waals surface area contributed by atoms with E-state index in [-0.39, 0.29) is 28.5 Å². The number of benzene rings is 6. The molecule has 0 aromatic heterocycles. The molecule has 6 aromatic rings. The molecule has 3 nitrogen and oxygen atoms in total. The van der Waals surface area contributed by atoms with Crippen molar-refractivity contribution in [1.82, 2.24) is 0 Å². The van der Waals surface area contributed by atoms with Crippen molar-refractivity contribution in [3.05, 3.63) is 145 Å². The van der Waals surface area contributed by atoms with Crippen LogP contribution in [0.15, 0.2) is 144 Å². The van der Waals surface area contributed by atoms with Crippen molar-refractivity contribution in [3.8, 4) is 0 Å². The van der Waals surface area contributed by atoms with Gasteiger partial charge < -0.3 is 14.7 Å². The Balaban J connectivity index is 1.32. The van der Waals surface area contributed by atoms with Gasteiger partial charge in [0.2, 0.25) is 0 Å². The maximum atomic E-state index is 2.81. The summed E-state index contributed by atoms with van der Waals surface area (Å²) in [7, 11) is -0.928. The van der Waals surface area contributed by atoms with Crippen LogP contribution in [0, 0.1) is 10.8 Å². The zero-order valence-electron chi connectivity index (χ0n) is 34.5. The highest BCUT2D eigenvalue weighted by molar-refractivity contribution is 8.32. The molecule has 0 amide bonds. The normalized spacial score (nSPS) is 22.8. The zero-order valence-corrected chi connectivity index (χ0v) is 35.3. The molecule has 3 heterocycles. The molecule has 56 heavy (non-hydrogen) atoms. The van der Waals surface area contributed by atoms with E-state index >= 15 is 0 Å². The highest BCUT2D eigenvalue weighted by Crippen LogP contribution is 2.69. The number of nitrogens with zero attached hydrogens (tertiary/aromatic N) is 3. The molecule has 0 saturated heterocycles. The Morgan fingerprint density at radius 1 is 0.482 bits per heavy atom. The SMILES string of the molecule is CC1(C)CC2(C)c3cc(S(C)(C)C)ccc3N(c3cc4c5c(c3)N(c3ccccc3)c3ccccc3B5c3ccccc3N4c3ccccc3)C2(C)CC1(C)C. The summed E-state index contributed by atoms with van der Waals surface area (Å²) < 4.78 is 0. The van der Waals surface area contributed by atoms with Gasteiger partial charge in [0.15, 0.2) is 0 Å². The lowest BCUT2D eigenvalue weighted by Crippen LogP contribution is -2.63. The van der Waals surface area contributed by atoms with Crippen LogP contribution in [0.4, 0.5) is 45.5 Å². The van der Waals surface area contributed by atoms with Crippen molar-refractivity contribution in [2.24, 2.45) is 10.8 Å². The van der Waals surface area contributed by atoms with Crippen LogP contribution in [-0.2, 0) is 5.41 Å². The Labute approximate surface area is 336 Å². The summed E-state index contributed by atoms with van der Waals surface area (Å²) in [5, 5.41) is 0. The van der Waals surface area contributed by atoms with E-state index in [4.69, 9.17) is 0 Å². The van der Waals surface area contributed by atoms with Crippen LogP contribution in [0.1, 0.15) is 59.9 Å². The average Bonchev–Trinajstić information content (AvgIpc) is 3.35. The van der Waals surface area contributed by atoms with E-state index in [9.17, 15) is 0 Å². The molecule has 6 aromatic carbocycles. The van der Waals surface area contributed by atoms with Crippen molar-refractivity contribution in [1.29, 1.82) is 0 Å². The van der Waals surface area contributed by atoms with E-state index in [2.05, 4.69) is 215 Å². The second-order valence-electron chi connectivity index (χ2n) is 19.4. The summed E-state index contributed by atoms with van der Waals surface area (Å²) in [6, 6.07) is 52.9. The molecule has 3 aliphatic heterocycles. The first-order valence-corrected chi connectivity index (χ1v) is 23.2. The fourth-order valence-corrected chi connectivity index (χ4v) is 12.2. The van der Waals surface area contributed by atoms with Crippen LogP contribution in [-0.4, -0.2) is 31.0 Å². The standard InChI is InChI=1S/C51H54BN3S/c1-48(2)33-50(5)39-32-38(56(7,8)9)28-29-42(39)55(51(50,6)34-49(48,3)4)37-30-45-47-46(31-37)54(36-22-14-11-15-23-36)44-27-19-17-25-41(44)52(47)40-24-16-18-26-43(40)53(45)35-20-12-10-13-21-35/h10-32H,33-34H2,1-9H3. The minimum Gasteiger partial charge on any atom is -0.334 e. The highest BCUT2D eigenvalue weighted by Gasteiger charge is 2.65. The molecule has 2 unspecified atom stereocenters. The van der Waals surface area contributed by atoms with Gasteiger partial charge in [-0.05, 0) is 143 Å². The van der Waals surface area contributed by atoms with E-state index in [1.165, 1.54) is 72.3 Å². The predicted molar refractivity (Wildman–Crippen MR) is 245 cm³/mol. The van der Waals surface area contributed by atoms with Crippen molar-refractivity contribution >= 4 is 78.6 Å². The zero-order chi connectivity index (χ0) is 39.0. The molecule has 1 saturated carbocycles. The average molecular weight is 752 g/mol. The second-order valence-corrected chi connectivity index (χ2v) is 23.5. The number of anilines is 8. The van der Waals surface area contributed by atoms with Gasteiger partial charge in [-0.3, -0.25) is 0 Å². The minimum atomic E-state index is -0.928. The molecule has 5 heteroatoms. The number of fused-ring (bicyclic) bond motifs is 7. The van der Waals surface area contributed by atoms with E-state index in [0.717, 1.165) is 12.8 Å². The van der Waals surface area contributed by atoms with Crippen LogP contribution in [0.2, 0.25) is 0 Å². The molecule has 2 atom stereocenters. The monoisotopic (exact) mass is 751 g/mol. The van der Waals surface area contributed by atoms with Gasteiger partial charge in [0.05, 0.1) is 5.54 Å². The first-order chi connectivity index (χ1) is 26.6. The van der Waals surface area contributed by atoms with Gasteiger partial charge in [-0.2, -0.15) is 0 Å². The van der Waals surface area contributed by atoms with Crippen LogP contribution >= 0.6 is 10.0 Å². The van der Waals surface area contributed by atoms with E-state index in [1.54, 1.807) is 0 Å². The summed E-state index contributed by atoms with van der Waals surface area (Å²) in [5.74, 6) is 0. The fourth-order valence-electron chi connectivity index (χ4n) is 11.3. The van der Waals surface area contributed by atoms with Crippen molar-refractivity contribution in [2.45, 2.75) is 70.2 Å². The maximum absolute atomic E-state index is 2.81. The first-order valence-electron chi connectivity index (χ1n) is 20.3. The first kappa shape index (κ1) is 35.5. The fraction of sp³-hybridized carbons (Fsp3) is 0.294. The number of hydrogen-bond donors (Lipinski definition) is 0. The Morgan fingerprint density at radius 2 is 0.964 bits per heavy atom. The molecule has 1 aliphatic carbocycles. The summed E-state index contributed by atoms with van der Waals surface area (Å²) >= 11 is 0. The van der Waals surface area contributed by atoms with Crippen LogP contribution < -0.4 is 31.1 Å². The van der Waals surface area contributed by atoms with Crippen molar-refractivity contribution in [2.75, 3.05) is 33.5 Å². The molecule has 0 radical (unpaired) electrons. The van der Waals surface area contributed by atoms with Gasteiger partial charge in [0, 0.05) is 50.9 Å². The quantitative estimate of drug-likeness (QED) is 0.166. The largest absolute Gasteiger partial charge is 0.334 e. The van der Waals surface area contributed by atoms with Gasteiger partial charge in [-0.1, -0.05) is 107 Å². The molecule has 4 aliphatic rings. The topological polar surface area (TPSA) is 9.72 Å². The molecule has 10 rings (SSSR count). The van der Waals surface area contributed by atoms with Gasteiger partial charge in [0.1, 0.15) is 0 Å². The molecule has 0 spiro atoms. The number of para-hydroxylation sites is 4. The lowest BCUT2D eigenvalue weighted by Gasteiger charge is -2.61. The molecule has 1 fully saturated rings. The third-order valence-electron chi connectivity index (χ3n) is 14.8. The van der Waals surface area contributed by atoms with Crippen molar-refractivity contribution < 1.29 is 0 Å². The van der Waals surface area contributed by atoms with Crippen molar-refractivity contribution in [3.63, 3.8) is 0 Å². The lowest BCUT2D eigenvalue weighted by atomic mass is 9.33. The summed E-state index contributed by atoms with van der Waals surface area (Å²) in [6.45, 7) is 15.4. The molecule has 0 N–H and O–H groups in total. The van der Waals surface area contributed by atoms with Gasteiger partial charge in [-0.25, -0.2) is 10.0 Å². The summed E-state index contributed by atoms with van der Waals surface area (Å²) in [5.41, 5.74) is 15.6. The highest BCUT2D eigenvalue weighted by atomic mass is 32.3. The summed E-state index contributed by atoms with van der Waals surface area (Å²) in [6.07, 6.45) is 9.53. The molecule has 282 valence electrons. The number of hydrogen-bond acceptors (Lipinski definition) is 3. The second kappa shape index (κ2) is 11.8. The molecular formula is C51H54BN3S. The number of rotatable bonds is 4. The lowest BCUT2D eigenvalue weighted by molar-refractivity contribution is -0.0312. The predicted octanol–water partition coefficient (Wildman–Crippen LogP) is 11.8. The van der Waals surface area contributed by atoms with E-state index in [1.807, 2.05) is 0 Å². The van der Waals surface area contributed by atoms with Gasteiger partial charge in [-0.15, -0.1) is 0 Å². The Hall–Kier alpha value is -4.87. The minimum absolute atomic E-state index is 0.0604. The summed E-state index contributed by atoms with van der Waals surface area (Å²) in [4.78, 5) is 9.39. The van der Waals surface area contributed by atoms with E-state index in [0.29, 0.717) is 0 Å². The van der Waals surface area contributed by atoms with Gasteiger partial charge in [0.25, 0.3) is 6.71 Å². The molecule has 0 bridgehead atoms. The van der Waals surface area contributed by atoms with Gasteiger partial charge >= 0.3 is 0 Å². The maximum Gasteiger partial charge on any atom is 0.252 e. The van der Waals surface area contributed by atoms with Crippen LogP contribution in [0.3, 0.4) is 0 Å². The Kier molecular flexibility index (Phi) is 7.51. The van der Waals surface area contributed by atoms with E-state index < -0.39 is 10.0 Å². The van der Waals surface area contributed by atoms with Crippen LogP contribution in [0.25, 0.3) is 0 Å². The molecular weight excluding hydrogens is 697 g/mol.